The van der Waals surface area contributed by atoms with Crippen LogP contribution in [-0.2, 0) is 0 Å². The average Bonchev–Trinajstić information content (AvgIpc) is 2.34. The fraction of sp³-hybridized carbons (Fsp3) is 0.143. The van der Waals surface area contributed by atoms with Crippen LogP contribution >= 0.6 is 27.5 Å². The summed E-state index contributed by atoms with van der Waals surface area (Å²) in [6.07, 6.45) is -3.62. The van der Waals surface area contributed by atoms with Crippen LogP contribution in [0.15, 0.2) is 16.6 Å². The maximum atomic E-state index is 12.5. The number of hydrogen-bond donors (Lipinski definition) is 0. The van der Waals surface area contributed by atoms with Gasteiger partial charge >= 0.3 is 6.29 Å². The van der Waals surface area contributed by atoms with Gasteiger partial charge in [0.2, 0.25) is 0 Å². The zero-order chi connectivity index (χ0) is 9.64. The number of halogens is 4. The summed E-state index contributed by atoms with van der Waals surface area (Å²) in [5.74, 6) is -0.195. The lowest BCUT2D eigenvalue weighted by Crippen LogP contribution is -2.26. The molecule has 0 radical (unpaired) electrons. The van der Waals surface area contributed by atoms with Crippen molar-refractivity contribution in [1.29, 1.82) is 0 Å². The number of fused-ring (bicyclic) bond motifs is 1. The summed E-state index contributed by atoms with van der Waals surface area (Å²) in [5.41, 5.74) is 0. The van der Waals surface area contributed by atoms with Crippen molar-refractivity contribution in [3.8, 4) is 11.5 Å². The lowest BCUT2D eigenvalue weighted by molar-refractivity contribution is -0.286. The van der Waals surface area contributed by atoms with E-state index >= 15 is 0 Å². The van der Waals surface area contributed by atoms with Gasteiger partial charge in [0, 0.05) is 4.47 Å². The molecule has 0 spiro atoms. The lowest BCUT2D eigenvalue weighted by Gasteiger charge is -2.04. The number of rotatable bonds is 0. The third kappa shape index (κ3) is 1.46. The average molecular weight is 271 g/mol. The Morgan fingerprint density at radius 3 is 2.69 bits per heavy atom. The van der Waals surface area contributed by atoms with E-state index in [-0.39, 0.29) is 16.5 Å². The van der Waals surface area contributed by atoms with Gasteiger partial charge in [0.1, 0.15) is 5.02 Å². The highest BCUT2D eigenvalue weighted by Gasteiger charge is 2.44. The minimum absolute atomic E-state index is 0.0572. The van der Waals surface area contributed by atoms with Gasteiger partial charge in [-0.25, -0.2) is 0 Å². The molecule has 1 aromatic carbocycles. The van der Waals surface area contributed by atoms with Crippen LogP contribution in [0.1, 0.15) is 0 Å². The predicted octanol–water partition coefficient (Wildman–Crippen LogP) is 3.42. The van der Waals surface area contributed by atoms with Gasteiger partial charge in [0.15, 0.2) is 11.5 Å². The number of alkyl halides is 2. The van der Waals surface area contributed by atoms with E-state index in [1.165, 1.54) is 12.1 Å². The van der Waals surface area contributed by atoms with Gasteiger partial charge in [-0.2, -0.15) is 0 Å². The molecule has 0 fully saturated rings. The van der Waals surface area contributed by atoms with Crippen LogP contribution in [0.2, 0.25) is 5.02 Å². The Morgan fingerprint density at radius 2 is 2.00 bits per heavy atom. The first-order chi connectivity index (χ1) is 5.99. The molecule has 2 nitrogen and oxygen atoms in total. The molecule has 0 atom stereocenters. The standard InChI is InChI=1S/C7H2BrClF2O2/c8-3-1-2-4-6(5(3)9)13-7(10,11)12-4/h1-2H. The Bertz CT molecular complexity index is 370. The summed E-state index contributed by atoms with van der Waals surface area (Å²) in [6.45, 7) is 0. The molecule has 1 aromatic rings. The maximum absolute atomic E-state index is 12.5. The quantitative estimate of drug-likeness (QED) is 0.720. The smallest absolute Gasteiger partial charge is 0.395 e. The van der Waals surface area contributed by atoms with E-state index in [4.69, 9.17) is 11.6 Å². The van der Waals surface area contributed by atoms with E-state index in [2.05, 4.69) is 25.4 Å². The number of ether oxygens (including phenoxy) is 2. The highest BCUT2D eigenvalue weighted by atomic mass is 79.9. The number of hydrogen-bond acceptors (Lipinski definition) is 2. The normalized spacial score (nSPS) is 17.5. The summed E-state index contributed by atoms with van der Waals surface area (Å²) >= 11 is 8.75. The van der Waals surface area contributed by atoms with Crippen molar-refractivity contribution in [1.82, 2.24) is 0 Å². The molecule has 0 unspecified atom stereocenters. The zero-order valence-corrected chi connectivity index (χ0v) is 8.32. The van der Waals surface area contributed by atoms with Crippen LogP contribution in [0.25, 0.3) is 0 Å². The molecular weight excluding hydrogens is 269 g/mol. The molecule has 70 valence electrons. The lowest BCUT2D eigenvalue weighted by atomic mass is 10.3. The third-order valence-corrected chi connectivity index (χ3v) is 2.73. The highest BCUT2D eigenvalue weighted by molar-refractivity contribution is 9.10. The van der Waals surface area contributed by atoms with E-state index in [9.17, 15) is 8.78 Å². The molecule has 2 rings (SSSR count). The largest absolute Gasteiger partial charge is 0.586 e. The third-order valence-electron chi connectivity index (χ3n) is 1.46. The molecule has 0 N–H and O–H groups in total. The highest BCUT2D eigenvalue weighted by Crippen LogP contribution is 2.47. The van der Waals surface area contributed by atoms with Gasteiger partial charge in [-0.15, -0.1) is 8.78 Å². The summed E-state index contributed by atoms with van der Waals surface area (Å²) in [4.78, 5) is 0. The molecule has 1 aliphatic rings. The Labute approximate surface area is 85.5 Å². The predicted molar refractivity (Wildman–Crippen MR) is 45.4 cm³/mol. The van der Waals surface area contributed by atoms with Crippen LogP contribution in [0.4, 0.5) is 8.78 Å². The monoisotopic (exact) mass is 270 g/mol. The van der Waals surface area contributed by atoms with Gasteiger partial charge in [0.05, 0.1) is 0 Å². The van der Waals surface area contributed by atoms with E-state index in [0.29, 0.717) is 4.47 Å². The fourth-order valence-electron chi connectivity index (χ4n) is 0.957. The van der Waals surface area contributed by atoms with Crippen molar-refractivity contribution in [2.24, 2.45) is 0 Å². The van der Waals surface area contributed by atoms with E-state index in [1.807, 2.05) is 0 Å². The van der Waals surface area contributed by atoms with Crippen molar-refractivity contribution in [3.05, 3.63) is 21.6 Å². The van der Waals surface area contributed by atoms with Crippen LogP contribution in [0.3, 0.4) is 0 Å². The van der Waals surface area contributed by atoms with Gasteiger partial charge in [-0.05, 0) is 28.1 Å². The minimum Gasteiger partial charge on any atom is -0.395 e. The second kappa shape index (κ2) is 2.72. The fourth-order valence-corrected chi connectivity index (χ4v) is 1.46. The summed E-state index contributed by atoms with van der Waals surface area (Å²) < 4.78 is 33.9. The van der Waals surface area contributed by atoms with Crippen molar-refractivity contribution in [3.63, 3.8) is 0 Å². The SMILES string of the molecule is FC1(F)Oc2ccc(Br)c(Cl)c2O1. The molecule has 0 bridgehead atoms. The Morgan fingerprint density at radius 1 is 1.31 bits per heavy atom. The van der Waals surface area contributed by atoms with E-state index < -0.39 is 6.29 Å². The van der Waals surface area contributed by atoms with Gasteiger partial charge in [0.25, 0.3) is 0 Å². The molecule has 13 heavy (non-hydrogen) atoms. The zero-order valence-electron chi connectivity index (χ0n) is 5.98. The molecule has 0 aliphatic carbocycles. The second-order valence-electron chi connectivity index (χ2n) is 2.36. The van der Waals surface area contributed by atoms with Gasteiger partial charge in [-0.3, -0.25) is 0 Å². The Hall–Kier alpha value is -0.550. The first-order valence-electron chi connectivity index (χ1n) is 3.23. The van der Waals surface area contributed by atoms with Crippen molar-refractivity contribution < 1.29 is 18.3 Å². The molecular formula is C7H2BrClF2O2. The first-order valence-corrected chi connectivity index (χ1v) is 4.40. The van der Waals surface area contributed by atoms with E-state index in [1.54, 1.807) is 0 Å². The summed E-state index contributed by atoms with van der Waals surface area (Å²) in [7, 11) is 0. The Balaban J connectivity index is 2.53. The minimum atomic E-state index is -3.62. The Kier molecular flexibility index (Phi) is 1.89. The number of benzene rings is 1. The van der Waals surface area contributed by atoms with Crippen molar-refractivity contribution in [2.75, 3.05) is 0 Å². The molecule has 0 aromatic heterocycles. The maximum Gasteiger partial charge on any atom is 0.586 e. The van der Waals surface area contributed by atoms with Crippen molar-refractivity contribution >= 4 is 27.5 Å². The van der Waals surface area contributed by atoms with Gasteiger partial charge in [-0.1, -0.05) is 11.6 Å². The van der Waals surface area contributed by atoms with Crippen LogP contribution in [0, 0.1) is 0 Å². The van der Waals surface area contributed by atoms with Crippen LogP contribution < -0.4 is 9.47 Å². The second-order valence-corrected chi connectivity index (χ2v) is 3.59. The summed E-state index contributed by atoms with van der Waals surface area (Å²) in [6, 6.07) is 2.86. The van der Waals surface area contributed by atoms with E-state index in [0.717, 1.165) is 0 Å². The molecule has 0 amide bonds. The van der Waals surface area contributed by atoms with Gasteiger partial charge < -0.3 is 9.47 Å². The first kappa shape index (κ1) is 9.02. The molecule has 6 heteroatoms. The van der Waals surface area contributed by atoms with Crippen LogP contribution in [-0.4, -0.2) is 6.29 Å². The van der Waals surface area contributed by atoms with Crippen molar-refractivity contribution in [2.45, 2.75) is 6.29 Å². The molecule has 1 aliphatic heterocycles. The topological polar surface area (TPSA) is 18.5 Å². The summed E-state index contributed by atoms with van der Waals surface area (Å²) in [5, 5.41) is 0.0784. The molecule has 0 saturated heterocycles. The van der Waals surface area contributed by atoms with Crippen LogP contribution in [0.5, 0.6) is 11.5 Å². The molecule has 0 saturated carbocycles. The molecule has 1 heterocycles.